The quantitative estimate of drug-likeness (QED) is 0.591. The maximum atomic E-state index is 13.6. The van der Waals surface area contributed by atoms with Gasteiger partial charge in [0.15, 0.2) is 5.13 Å². The third-order valence-corrected chi connectivity index (χ3v) is 7.49. The van der Waals surface area contributed by atoms with E-state index < -0.39 is 0 Å². The zero-order valence-corrected chi connectivity index (χ0v) is 21.3. The van der Waals surface area contributed by atoms with Crippen molar-refractivity contribution in [3.05, 3.63) is 52.6 Å². The minimum Gasteiger partial charge on any atom is -0.496 e. The summed E-state index contributed by atoms with van der Waals surface area (Å²) >= 11 is 1.46. The Morgan fingerprint density at radius 1 is 1.29 bits per heavy atom. The summed E-state index contributed by atoms with van der Waals surface area (Å²) in [5.41, 5.74) is 2.53. The molecule has 186 valence electrons. The van der Waals surface area contributed by atoms with Crippen molar-refractivity contribution in [2.45, 2.75) is 45.6 Å². The highest BCUT2D eigenvalue weighted by Crippen LogP contribution is 2.32. The number of aryl methyl sites for hydroxylation is 1. The average Bonchev–Trinajstić information content (AvgIpc) is 3.64. The first-order valence-corrected chi connectivity index (χ1v) is 12.8. The van der Waals surface area contributed by atoms with Crippen LogP contribution in [0.1, 0.15) is 52.5 Å². The van der Waals surface area contributed by atoms with E-state index in [1.54, 1.807) is 23.1 Å². The SMILES string of the molecule is C=CC(=O)N1CCCN(C(=O)c2cc(Cc3cnc(NC(=O)C4CC4)s3)c(C)cc2OC)CC1C. The summed E-state index contributed by atoms with van der Waals surface area (Å²) in [5, 5.41) is 3.50. The summed E-state index contributed by atoms with van der Waals surface area (Å²) in [5.74, 6) is 0.487. The number of carbonyl (C=O) groups excluding carboxylic acids is 3. The van der Waals surface area contributed by atoms with Gasteiger partial charge in [-0.15, -0.1) is 11.3 Å². The van der Waals surface area contributed by atoms with Crippen LogP contribution in [0.25, 0.3) is 0 Å². The Balaban J connectivity index is 1.52. The highest BCUT2D eigenvalue weighted by Gasteiger charge is 2.30. The van der Waals surface area contributed by atoms with Crippen molar-refractivity contribution in [2.75, 3.05) is 32.1 Å². The Labute approximate surface area is 210 Å². The predicted molar refractivity (Wildman–Crippen MR) is 136 cm³/mol. The van der Waals surface area contributed by atoms with Crippen molar-refractivity contribution in [2.24, 2.45) is 5.92 Å². The van der Waals surface area contributed by atoms with E-state index >= 15 is 0 Å². The number of nitrogens with one attached hydrogen (secondary N) is 1. The molecule has 4 rings (SSSR count). The molecule has 1 saturated carbocycles. The third-order valence-electron chi connectivity index (χ3n) is 6.57. The maximum Gasteiger partial charge on any atom is 0.257 e. The number of aromatic nitrogens is 1. The van der Waals surface area contributed by atoms with Crippen molar-refractivity contribution in [1.29, 1.82) is 0 Å². The second-order valence-electron chi connectivity index (χ2n) is 9.24. The number of carbonyl (C=O) groups is 3. The fourth-order valence-electron chi connectivity index (χ4n) is 4.40. The molecule has 0 bridgehead atoms. The number of ether oxygens (including phenoxy) is 1. The third kappa shape index (κ3) is 5.73. The molecular formula is C26H32N4O4S. The zero-order chi connectivity index (χ0) is 25.1. The minimum absolute atomic E-state index is 0.0412. The predicted octanol–water partition coefficient (Wildman–Crippen LogP) is 3.65. The standard InChI is InChI=1S/C26H32N4O4S/c1-5-23(31)30-10-6-9-29(15-17(30)3)25(33)21-13-19(16(2)11-22(21)34-4)12-20-14-27-26(35-20)28-24(32)18-7-8-18/h5,11,13-14,17-18H,1,6-10,12,15H2,2-4H3,(H,27,28,32). The summed E-state index contributed by atoms with van der Waals surface area (Å²) < 4.78 is 5.57. The Morgan fingerprint density at radius 3 is 2.74 bits per heavy atom. The van der Waals surface area contributed by atoms with E-state index in [9.17, 15) is 14.4 Å². The monoisotopic (exact) mass is 496 g/mol. The lowest BCUT2D eigenvalue weighted by Crippen LogP contribution is -2.43. The molecule has 1 aliphatic heterocycles. The van der Waals surface area contributed by atoms with Gasteiger partial charge in [-0.05, 0) is 62.4 Å². The van der Waals surface area contributed by atoms with Gasteiger partial charge in [0.1, 0.15) is 5.75 Å². The Hall–Kier alpha value is -3.20. The number of hydrogen-bond acceptors (Lipinski definition) is 6. The number of anilines is 1. The molecule has 35 heavy (non-hydrogen) atoms. The Morgan fingerprint density at radius 2 is 2.06 bits per heavy atom. The van der Waals surface area contributed by atoms with Crippen LogP contribution >= 0.6 is 11.3 Å². The second kappa shape index (κ2) is 10.6. The first kappa shape index (κ1) is 24.9. The molecule has 2 aliphatic rings. The second-order valence-corrected chi connectivity index (χ2v) is 10.4. The number of methoxy groups -OCH3 is 1. The molecule has 1 N–H and O–H groups in total. The van der Waals surface area contributed by atoms with Gasteiger partial charge in [-0.25, -0.2) is 4.98 Å². The molecule has 0 spiro atoms. The van der Waals surface area contributed by atoms with Crippen molar-refractivity contribution in [3.63, 3.8) is 0 Å². The summed E-state index contributed by atoms with van der Waals surface area (Å²) in [7, 11) is 1.57. The summed E-state index contributed by atoms with van der Waals surface area (Å²) in [6, 6.07) is 3.69. The molecule has 9 heteroatoms. The molecule has 8 nitrogen and oxygen atoms in total. The highest BCUT2D eigenvalue weighted by molar-refractivity contribution is 7.15. The average molecular weight is 497 g/mol. The van der Waals surface area contributed by atoms with Gasteiger partial charge >= 0.3 is 0 Å². The van der Waals surface area contributed by atoms with Crippen molar-refractivity contribution >= 4 is 34.2 Å². The van der Waals surface area contributed by atoms with Gasteiger partial charge in [0, 0.05) is 49.1 Å². The van der Waals surface area contributed by atoms with Crippen LogP contribution in [0.15, 0.2) is 31.0 Å². The van der Waals surface area contributed by atoms with Crippen LogP contribution in [0.2, 0.25) is 0 Å². The summed E-state index contributed by atoms with van der Waals surface area (Å²) in [4.78, 5) is 46.7. The van der Waals surface area contributed by atoms with Crippen molar-refractivity contribution < 1.29 is 19.1 Å². The van der Waals surface area contributed by atoms with E-state index in [0.717, 1.165) is 28.8 Å². The van der Waals surface area contributed by atoms with Gasteiger partial charge in [-0.3, -0.25) is 14.4 Å². The van der Waals surface area contributed by atoms with Gasteiger partial charge in [-0.1, -0.05) is 6.58 Å². The smallest absolute Gasteiger partial charge is 0.257 e. The molecule has 0 radical (unpaired) electrons. The zero-order valence-electron chi connectivity index (χ0n) is 20.5. The van der Waals surface area contributed by atoms with Gasteiger partial charge in [-0.2, -0.15) is 0 Å². The van der Waals surface area contributed by atoms with Crippen LogP contribution in [-0.2, 0) is 16.0 Å². The first-order valence-electron chi connectivity index (χ1n) is 12.0. The highest BCUT2D eigenvalue weighted by atomic mass is 32.1. The largest absolute Gasteiger partial charge is 0.496 e. The lowest BCUT2D eigenvalue weighted by atomic mass is 10.00. The van der Waals surface area contributed by atoms with Crippen LogP contribution in [0.5, 0.6) is 5.75 Å². The minimum atomic E-state index is -0.112. The van der Waals surface area contributed by atoms with Crippen LogP contribution < -0.4 is 10.1 Å². The number of benzene rings is 1. The Bertz CT molecular complexity index is 1140. The number of thiazole rings is 1. The van der Waals surface area contributed by atoms with E-state index in [1.165, 1.54) is 17.4 Å². The fourth-order valence-corrected chi connectivity index (χ4v) is 5.24. The topological polar surface area (TPSA) is 91.8 Å². The fraction of sp³-hybridized carbons (Fsp3) is 0.462. The summed E-state index contributed by atoms with van der Waals surface area (Å²) in [6.45, 7) is 9.15. The molecule has 2 heterocycles. The molecule has 1 aliphatic carbocycles. The Kier molecular flexibility index (Phi) is 7.54. The van der Waals surface area contributed by atoms with Gasteiger partial charge < -0.3 is 19.9 Å². The van der Waals surface area contributed by atoms with Crippen LogP contribution in [0.4, 0.5) is 5.13 Å². The van der Waals surface area contributed by atoms with Crippen molar-refractivity contribution in [3.8, 4) is 5.75 Å². The number of hydrogen-bond donors (Lipinski definition) is 1. The number of amides is 3. The van der Waals surface area contributed by atoms with E-state index in [2.05, 4.69) is 16.9 Å². The van der Waals surface area contributed by atoms with Gasteiger partial charge in [0.05, 0.1) is 12.7 Å². The van der Waals surface area contributed by atoms with E-state index in [0.29, 0.717) is 48.9 Å². The van der Waals surface area contributed by atoms with E-state index in [4.69, 9.17) is 4.74 Å². The molecule has 1 unspecified atom stereocenters. The lowest BCUT2D eigenvalue weighted by Gasteiger charge is -2.28. The molecule has 3 amide bonds. The van der Waals surface area contributed by atoms with Crippen LogP contribution in [0, 0.1) is 12.8 Å². The number of rotatable bonds is 7. The lowest BCUT2D eigenvalue weighted by molar-refractivity contribution is -0.127. The van der Waals surface area contributed by atoms with E-state index in [-0.39, 0.29) is 29.7 Å². The normalized spacial score (nSPS) is 18.1. The summed E-state index contributed by atoms with van der Waals surface area (Å²) in [6.07, 6.45) is 6.30. The molecule has 1 aromatic heterocycles. The van der Waals surface area contributed by atoms with Gasteiger partial charge in [0.25, 0.3) is 5.91 Å². The maximum absolute atomic E-state index is 13.6. The molecule has 2 fully saturated rings. The van der Waals surface area contributed by atoms with Crippen molar-refractivity contribution in [1.82, 2.24) is 14.8 Å². The van der Waals surface area contributed by atoms with Gasteiger partial charge in [0.2, 0.25) is 11.8 Å². The molecule has 1 aromatic carbocycles. The number of nitrogens with zero attached hydrogens (tertiary/aromatic N) is 3. The first-order chi connectivity index (χ1) is 16.8. The van der Waals surface area contributed by atoms with Crippen LogP contribution in [0.3, 0.4) is 0 Å². The molecule has 1 atom stereocenters. The van der Waals surface area contributed by atoms with Crippen LogP contribution in [-0.4, -0.2) is 65.3 Å². The molecular weight excluding hydrogens is 464 g/mol. The van der Waals surface area contributed by atoms with E-state index in [1.807, 2.05) is 26.0 Å². The molecule has 2 aromatic rings. The molecule has 1 saturated heterocycles.